The largest absolute Gasteiger partial charge is 0.336 e. The van der Waals surface area contributed by atoms with Gasteiger partial charge in [0.2, 0.25) is 5.91 Å². The van der Waals surface area contributed by atoms with E-state index in [1.54, 1.807) is 17.3 Å². The second-order valence-corrected chi connectivity index (χ2v) is 6.27. The van der Waals surface area contributed by atoms with Gasteiger partial charge in [0.25, 0.3) is 0 Å². The quantitative estimate of drug-likeness (QED) is 0.875. The fourth-order valence-electron chi connectivity index (χ4n) is 2.84. The Hall–Kier alpha value is -2.89. The Morgan fingerprint density at radius 3 is 2.76 bits per heavy atom. The molecule has 0 unspecified atom stereocenters. The number of urea groups is 1. The molecule has 0 bridgehead atoms. The van der Waals surface area contributed by atoms with Crippen LogP contribution in [0, 0.1) is 6.92 Å². The first-order chi connectivity index (χ1) is 12.1. The standard InChI is InChI=1S/C19H22N4O2/c1-14-4-6-15(7-5-14)13-23-10-8-17(18(23)24)22-19(25)21-12-16-3-2-9-20-11-16/h2-7,9,11,17H,8,10,12-13H2,1H3,(H2,21,22,25)/t17-/m0/s1. The SMILES string of the molecule is Cc1ccc(CN2CC[C@H](NC(=O)NCc3cccnc3)C2=O)cc1. The minimum absolute atomic E-state index is 0.0305. The van der Waals surface area contributed by atoms with E-state index in [0.717, 1.165) is 11.1 Å². The molecule has 0 spiro atoms. The number of aryl methyl sites for hydroxylation is 1. The van der Waals surface area contributed by atoms with E-state index in [9.17, 15) is 9.59 Å². The molecule has 3 rings (SSSR count). The Morgan fingerprint density at radius 1 is 1.24 bits per heavy atom. The zero-order valence-corrected chi connectivity index (χ0v) is 14.2. The number of benzene rings is 1. The van der Waals surface area contributed by atoms with Gasteiger partial charge in [0, 0.05) is 32.0 Å². The summed E-state index contributed by atoms with van der Waals surface area (Å²) < 4.78 is 0. The first kappa shape index (κ1) is 17.0. The number of pyridine rings is 1. The molecule has 130 valence electrons. The van der Waals surface area contributed by atoms with E-state index >= 15 is 0 Å². The number of nitrogens with zero attached hydrogens (tertiary/aromatic N) is 2. The zero-order chi connectivity index (χ0) is 17.6. The van der Waals surface area contributed by atoms with Gasteiger partial charge in [-0.2, -0.15) is 0 Å². The lowest BCUT2D eigenvalue weighted by molar-refractivity contribution is -0.129. The van der Waals surface area contributed by atoms with Crippen LogP contribution in [0.4, 0.5) is 4.79 Å². The van der Waals surface area contributed by atoms with Gasteiger partial charge in [-0.15, -0.1) is 0 Å². The summed E-state index contributed by atoms with van der Waals surface area (Å²) in [6, 6.07) is 11.1. The third-order valence-electron chi connectivity index (χ3n) is 4.27. The number of aromatic nitrogens is 1. The number of hydrogen-bond acceptors (Lipinski definition) is 3. The van der Waals surface area contributed by atoms with Gasteiger partial charge in [0.1, 0.15) is 6.04 Å². The van der Waals surface area contributed by atoms with E-state index in [1.165, 1.54) is 5.56 Å². The summed E-state index contributed by atoms with van der Waals surface area (Å²) in [5, 5.41) is 5.52. The average molecular weight is 338 g/mol. The van der Waals surface area contributed by atoms with Crippen molar-refractivity contribution in [2.24, 2.45) is 0 Å². The Morgan fingerprint density at radius 2 is 2.04 bits per heavy atom. The number of carbonyl (C=O) groups excluding carboxylic acids is 2. The fourth-order valence-corrected chi connectivity index (χ4v) is 2.84. The van der Waals surface area contributed by atoms with Crippen molar-refractivity contribution in [3.63, 3.8) is 0 Å². The predicted molar refractivity (Wildman–Crippen MR) is 94.6 cm³/mol. The Labute approximate surface area is 147 Å². The van der Waals surface area contributed by atoms with Crippen LogP contribution >= 0.6 is 0 Å². The van der Waals surface area contributed by atoms with Crippen molar-refractivity contribution in [2.75, 3.05) is 6.54 Å². The van der Waals surface area contributed by atoms with Crippen LogP contribution in [0.15, 0.2) is 48.8 Å². The molecule has 1 aromatic carbocycles. The summed E-state index contributed by atoms with van der Waals surface area (Å²) in [7, 11) is 0. The molecular formula is C19H22N4O2. The fraction of sp³-hybridized carbons (Fsp3) is 0.316. The van der Waals surface area contributed by atoms with Gasteiger partial charge in [0.05, 0.1) is 0 Å². The van der Waals surface area contributed by atoms with E-state index < -0.39 is 6.04 Å². The summed E-state index contributed by atoms with van der Waals surface area (Å²) in [5.41, 5.74) is 3.21. The van der Waals surface area contributed by atoms with Gasteiger partial charge in [-0.05, 0) is 30.5 Å². The number of likely N-dealkylation sites (tertiary alicyclic amines) is 1. The van der Waals surface area contributed by atoms with Crippen LogP contribution in [0.2, 0.25) is 0 Å². The van der Waals surface area contributed by atoms with Crippen LogP contribution in [0.1, 0.15) is 23.1 Å². The van der Waals surface area contributed by atoms with E-state index in [1.807, 2.05) is 43.3 Å². The molecule has 0 saturated carbocycles. The van der Waals surface area contributed by atoms with Gasteiger partial charge in [-0.3, -0.25) is 9.78 Å². The first-order valence-corrected chi connectivity index (χ1v) is 8.39. The molecule has 0 aliphatic carbocycles. The number of rotatable bonds is 5. The third kappa shape index (κ3) is 4.56. The van der Waals surface area contributed by atoms with Crippen LogP contribution in [0.3, 0.4) is 0 Å². The van der Waals surface area contributed by atoms with Crippen LogP contribution in [0.5, 0.6) is 0 Å². The third-order valence-corrected chi connectivity index (χ3v) is 4.27. The summed E-state index contributed by atoms with van der Waals surface area (Å²) >= 11 is 0. The van der Waals surface area contributed by atoms with Crippen LogP contribution in [0.25, 0.3) is 0 Å². The molecule has 1 aliphatic heterocycles. The molecule has 1 aliphatic rings. The van der Waals surface area contributed by atoms with E-state index in [2.05, 4.69) is 15.6 Å². The molecule has 25 heavy (non-hydrogen) atoms. The van der Waals surface area contributed by atoms with Gasteiger partial charge in [-0.1, -0.05) is 35.9 Å². The summed E-state index contributed by atoms with van der Waals surface area (Å²) in [5.74, 6) is -0.0305. The molecule has 1 fully saturated rings. The normalized spacial score (nSPS) is 16.8. The number of carbonyl (C=O) groups is 2. The van der Waals surface area contributed by atoms with Crippen molar-refractivity contribution >= 4 is 11.9 Å². The van der Waals surface area contributed by atoms with Gasteiger partial charge in [-0.25, -0.2) is 4.79 Å². The molecule has 2 aromatic rings. The first-order valence-electron chi connectivity index (χ1n) is 8.39. The van der Waals surface area contributed by atoms with Crippen molar-refractivity contribution in [2.45, 2.75) is 32.5 Å². The molecule has 1 aromatic heterocycles. The molecule has 1 saturated heterocycles. The van der Waals surface area contributed by atoms with E-state index in [4.69, 9.17) is 0 Å². The minimum Gasteiger partial charge on any atom is -0.336 e. The van der Waals surface area contributed by atoms with Crippen molar-refractivity contribution in [1.82, 2.24) is 20.5 Å². The monoisotopic (exact) mass is 338 g/mol. The Bertz CT molecular complexity index is 731. The van der Waals surface area contributed by atoms with E-state index in [-0.39, 0.29) is 11.9 Å². The van der Waals surface area contributed by atoms with Crippen LogP contribution in [-0.4, -0.2) is 34.4 Å². The highest BCUT2D eigenvalue weighted by atomic mass is 16.2. The van der Waals surface area contributed by atoms with Crippen molar-refractivity contribution in [1.29, 1.82) is 0 Å². The maximum Gasteiger partial charge on any atom is 0.315 e. The lowest BCUT2D eigenvalue weighted by Gasteiger charge is -2.17. The maximum atomic E-state index is 12.5. The van der Waals surface area contributed by atoms with Crippen LogP contribution < -0.4 is 10.6 Å². The van der Waals surface area contributed by atoms with Crippen molar-refractivity contribution < 1.29 is 9.59 Å². The second-order valence-electron chi connectivity index (χ2n) is 6.27. The average Bonchev–Trinajstić information content (AvgIpc) is 2.96. The maximum absolute atomic E-state index is 12.5. The molecule has 3 amide bonds. The molecule has 2 heterocycles. The summed E-state index contributed by atoms with van der Waals surface area (Å²) in [6.45, 7) is 3.65. The van der Waals surface area contributed by atoms with Gasteiger partial charge >= 0.3 is 6.03 Å². The van der Waals surface area contributed by atoms with E-state index in [0.29, 0.717) is 26.1 Å². The number of nitrogens with one attached hydrogen (secondary N) is 2. The number of amides is 3. The lowest BCUT2D eigenvalue weighted by Crippen LogP contribution is -2.45. The molecule has 2 N–H and O–H groups in total. The molecule has 6 heteroatoms. The molecular weight excluding hydrogens is 316 g/mol. The predicted octanol–water partition coefficient (Wildman–Crippen LogP) is 1.99. The molecule has 1 atom stereocenters. The highest BCUT2D eigenvalue weighted by molar-refractivity contribution is 5.88. The minimum atomic E-state index is -0.459. The summed E-state index contributed by atoms with van der Waals surface area (Å²) in [6.07, 6.45) is 4.01. The number of hydrogen-bond donors (Lipinski definition) is 2. The highest BCUT2D eigenvalue weighted by Crippen LogP contribution is 2.15. The van der Waals surface area contributed by atoms with Crippen molar-refractivity contribution in [3.8, 4) is 0 Å². The smallest absolute Gasteiger partial charge is 0.315 e. The Balaban J connectivity index is 1.48. The summed E-state index contributed by atoms with van der Waals surface area (Å²) in [4.78, 5) is 30.3. The van der Waals surface area contributed by atoms with Crippen molar-refractivity contribution in [3.05, 3.63) is 65.5 Å². The second kappa shape index (κ2) is 7.79. The van der Waals surface area contributed by atoms with Gasteiger partial charge in [0.15, 0.2) is 0 Å². The van der Waals surface area contributed by atoms with Gasteiger partial charge < -0.3 is 15.5 Å². The highest BCUT2D eigenvalue weighted by Gasteiger charge is 2.32. The zero-order valence-electron chi connectivity index (χ0n) is 14.2. The lowest BCUT2D eigenvalue weighted by atomic mass is 10.1. The topological polar surface area (TPSA) is 74.3 Å². The Kier molecular flexibility index (Phi) is 5.28. The van der Waals surface area contributed by atoms with Crippen LogP contribution in [-0.2, 0) is 17.9 Å². The molecule has 0 radical (unpaired) electrons. The molecule has 6 nitrogen and oxygen atoms in total.